The molecule has 5 heteroatoms. The summed E-state index contributed by atoms with van der Waals surface area (Å²) in [6.07, 6.45) is 0.200. The Balaban J connectivity index is 2.50. The molecule has 0 fully saturated rings. The van der Waals surface area contributed by atoms with Crippen LogP contribution in [0.5, 0.6) is 5.75 Å². The number of allylic oxidation sites excluding steroid dienone is 1. The maximum Gasteiger partial charge on any atom is 0.336 e. The molecule has 0 spiro atoms. The SMILES string of the molecule is CCOC(=O)C1=C(C)NC(=O)C[C@H]1c1ccccc1OC. The van der Waals surface area contributed by atoms with E-state index in [4.69, 9.17) is 9.47 Å². The Hall–Kier alpha value is -2.30. The lowest BCUT2D eigenvalue weighted by molar-refractivity contribution is -0.139. The zero-order valence-corrected chi connectivity index (χ0v) is 12.4. The summed E-state index contributed by atoms with van der Waals surface area (Å²) in [6, 6.07) is 7.41. The highest BCUT2D eigenvalue weighted by molar-refractivity contribution is 5.96. The van der Waals surface area contributed by atoms with Crippen molar-refractivity contribution in [3.63, 3.8) is 0 Å². The fraction of sp³-hybridized carbons (Fsp3) is 0.375. The van der Waals surface area contributed by atoms with Gasteiger partial charge in [0.05, 0.1) is 19.3 Å². The minimum atomic E-state index is -0.397. The van der Waals surface area contributed by atoms with Crippen molar-refractivity contribution >= 4 is 11.9 Å². The number of amides is 1. The van der Waals surface area contributed by atoms with E-state index in [0.29, 0.717) is 23.6 Å². The summed E-state index contributed by atoms with van der Waals surface area (Å²) in [4.78, 5) is 24.1. The summed E-state index contributed by atoms with van der Waals surface area (Å²) in [6.45, 7) is 3.77. The summed E-state index contributed by atoms with van der Waals surface area (Å²) in [7, 11) is 1.57. The first kappa shape index (κ1) is 15.1. The summed E-state index contributed by atoms with van der Waals surface area (Å²) in [5.41, 5.74) is 1.85. The van der Waals surface area contributed by atoms with Crippen molar-refractivity contribution in [2.75, 3.05) is 13.7 Å². The van der Waals surface area contributed by atoms with Crippen LogP contribution in [0.3, 0.4) is 0 Å². The van der Waals surface area contributed by atoms with E-state index < -0.39 is 5.97 Å². The average molecular weight is 289 g/mol. The molecule has 21 heavy (non-hydrogen) atoms. The molecular formula is C16H19NO4. The third kappa shape index (κ3) is 3.07. The maximum absolute atomic E-state index is 12.2. The second-order valence-corrected chi connectivity index (χ2v) is 4.81. The van der Waals surface area contributed by atoms with Crippen molar-refractivity contribution in [3.05, 3.63) is 41.1 Å². The number of nitrogens with one attached hydrogen (secondary N) is 1. The van der Waals surface area contributed by atoms with Crippen LogP contribution in [0.25, 0.3) is 0 Å². The molecule has 0 bridgehead atoms. The van der Waals surface area contributed by atoms with Gasteiger partial charge in [-0.3, -0.25) is 4.79 Å². The summed E-state index contributed by atoms with van der Waals surface area (Å²) < 4.78 is 10.5. The molecule has 1 amide bonds. The number of carbonyl (C=O) groups is 2. The third-order valence-electron chi connectivity index (χ3n) is 3.48. The number of esters is 1. The smallest absolute Gasteiger partial charge is 0.336 e. The number of methoxy groups -OCH3 is 1. The van der Waals surface area contributed by atoms with Crippen LogP contribution >= 0.6 is 0 Å². The fourth-order valence-corrected chi connectivity index (χ4v) is 2.60. The van der Waals surface area contributed by atoms with Gasteiger partial charge in [0, 0.05) is 23.6 Å². The quantitative estimate of drug-likeness (QED) is 0.862. The van der Waals surface area contributed by atoms with E-state index in [2.05, 4.69) is 5.32 Å². The van der Waals surface area contributed by atoms with E-state index in [1.54, 1.807) is 21.0 Å². The number of para-hydroxylation sites is 1. The summed E-state index contributed by atoms with van der Waals surface area (Å²) >= 11 is 0. The Kier molecular flexibility index (Phi) is 4.62. The van der Waals surface area contributed by atoms with Gasteiger partial charge in [0.1, 0.15) is 5.75 Å². The van der Waals surface area contributed by atoms with E-state index >= 15 is 0 Å². The van der Waals surface area contributed by atoms with Crippen molar-refractivity contribution in [2.24, 2.45) is 0 Å². The van der Waals surface area contributed by atoms with Gasteiger partial charge in [-0.2, -0.15) is 0 Å². The van der Waals surface area contributed by atoms with E-state index in [-0.39, 0.29) is 18.2 Å². The van der Waals surface area contributed by atoms with Crippen molar-refractivity contribution in [1.82, 2.24) is 5.32 Å². The van der Waals surface area contributed by atoms with Crippen molar-refractivity contribution < 1.29 is 19.1 Å². The van der Waals surface area contributed by atoms with Crippen LogP contribution in [0.4, 0.5) is 0 Å². The number of rotatable bonds is 4. The first-order chi connectivity index (χ1) is 10.1. The highest BCUT2D eigenvalue weighted by Gasteiger charge is 2.34. The molecule has 1 N–H and O–H groups in total. The normalized spacial score (nSPS) is 18.2. The summed E-state index contributed by atoms with van der Waals surface area (Å²) in [5.74, 6) is -0.205. The van der Waals surface area contributed by atoms with Crippen molar-refractivity contribution in [1.29, 1.82) is 0 Å². The molecule has 1 aromatic rings. The Bertz CT molecular complexity index is 592. The van der Waals surface area contributed by atoms with Gasteiger partial charge in [-0.15, -0.1) is 0 Å². The minimum absolute atomic E-state index is 0.114. The minimum Gasteiger partial charge on any atom is -0.496 e. The zero-order chi connectivity index (χ0) is 15.4. The second kappa shape index (κ2) is 6.43. The Morgan fingerprint density at radius 2 is 2.10 bits per heavy atom. The molecule has 0 unspecified atom stereocenters. The highest BCUT2D eigenvalue weighted by atomic mass is 16.5. The molecule has 1 aliphatic heterocycles. The number of hydrogen-bond donors (Lipinski definition) is 1. The topological polar surface area (TPSA) is 64.6 Å². The molecule has 1 aliphatic rings. The molecule has 112 valence electrons. The van der Waals surface area contributed by atoms with Crippen LogP contribution < -0.4 is 10.1 Å². The van der Waals surface area contributed by atoms with Gasteiger partial charge in [-0.25, -0.2) is 4.79 Å². The van der Waals surface area contributed by atoms with E-state index in [1.165, 1.54) is 0 Å². The standard InChI is InChI=1S/C16H19NO4/c1-4-21-16(19)15-10(2)17-14(18)9-12(15)11-7-5-6-8-13(11)20-3/h5-8,12H,4,9H2,1-3H3,(H,17,18)/t12-/m0/s1. The lowest BCUT2D eigenvalue weighted by Crippen LogP contribution is -2.34. The molecule has 1 atom stereocenters. The predicted octanol–water partition coefficient (Wildman–Crippen LogP) is 2.14. The first-order valence-electron chi connectivity index (χ1n) is 6.89. The van der Waals surface area contributed by atoms with E-state index in [9.17, 15) is 9.59 Å². The zero-order valence-electron chi connectivity index (χ0n) is 12.4. The van der Waals surface area contributed by atoms with Crippen molar-refractivity contribution in [2.45, 2.75) is 26.2 Å². The van der Waals surface area contributed by atoms with E-state index in [1.807, 2.05) is 24.3 Å². The van der Waals surface area contributed by atoms with Gasteiger partial charge in [0.15, 0.2) is 0 Å². The number of benzene rings is 1. The van der Waals surface area contributed by atoms with Crippen LogP contribution in [-0.4, -0.2) is 25.6 Å². The summed E-state index contributed by atoms with van der Waals surface area (Å²) in [5, 5.41) is 2.70. The lowest BCUT2D eigenvalue weighted by Gasteiger charge is -2.27. The Morgan fingerprint density at radius 3 is 2.76 bits per heavy atom. The molecule has 2 rings (SSSR count). The Labute approximate surface area is 123 Å². The number of ether oxygens (including phenoxy) is 2. The van der Waals surface area contributed by atoms with Gasteiger partial charge in [0.2, 0.25) is 5.91 Å². The largest absolute Gasteiger partial charge is 0.496 e. The molecule has 0 aromatic heterocycles. The van der Waals surface area contributed by atoms with Crippen LogP contribution in [-0.2, 0) is 14.3 Å². The maximum atomic E-state index is 12.2. The van der Waals surface area contributed by atoms with Crippen LogP contribution in [0.15, 0.2) is 35.5 Å². The molecule has 0 saturated heterocycles. The molecule has 5 nitrogen and oxygen atoms in total. The molecule has 0 radical (unpaired) electrons. The molecule has 1 aromatic carbocycles. The average Bonchev–Trinajstić information content (AvgIpc) is 2.46. The van der Waals surface area contributed by atoms with Gasteiger partial charge < -0.3 is 14.8 Å². The van der Waals surface area contributed by atoms with Crippen LogP contribution in [0, 0.1) is 0 Å². The van der Waals surface area contributed by atoms with Gasteiger partial charge in [-0.05, 0) is 19.9 Å². The fourth-order valence-electron chi connectivity index (χ4n) is 2.60. The number of carbonyl (C=O) groups excluding carboxylic acids is 2. The second-order valence-electron chi connectivity index (χ2n) is 4.81. The van der Waals surface area contributed by atoms with Gasteiger partial charge in [-0.1, -0.05) is 18.2 Å². The van der Waals surface area contributed by atoms with Gasteiger partial charge >= 0.3 is 5.97 Å². The molecular weight excluding hydrogens is 270 g/mol. The monoisotopic (exact) mass is 289 g/mol. The predicted molar refractivity (Wildman–Crippen MR) is 77.8 cm³/mol. The van der Waals surface area contributed by atoms with Crippen molar-refractivity contribution in [3.8, 4) is 5.75 Å². The first-order valence-corrected chi connectivity index (χ1v) is 6.89. The number of hydrogen-bond acceptors (Lipinski definition) is 4. The third-order valence-corrected chi connectivity index (χ3v) is 3.48. The van der Waals surface area contributed by atoms with Crippen LogP contribution in [0.2, 0.25) is 0 Å². The molecule has 0 saturated carbocycles. The molecule has 0 aliphatic carbocycles. The molecule has 1 heterocycles. The van der Waals surface area contributed by atoms with E-state index in [0.717, 1.165) is 5.56 Å². The van der Waals surface area contributed by atoms with Crippen LogP contribution in [0.1, 0.15) is 31.7 Å². The highest BCUT2D eigenvalue weighted by Crippen LogP contribution is 2.37. The van der Waals surface area contributed by atoms with Gasteiger partial charge in [0.25, 0.3) is 0 Å². The Morgan fingerprint density at radius 1 is 1.38 bits per heavy atom. The lowest BCUT2D eigenvalue weighted by atomic mass is 9.84.